The smallest absolute Gasteiger partial charge is 0.279 e. The standard InChI is InChI=1S/C14H11BrF3NO2S/c1-9-4-2-3-5-13(9)19-22(20,21)10-6-7-12(15)11(8-10)14(16,17)18/h2-8,19H,1H3. The molecule has 0 radical (unpaired) electrons. The first-order valence-electron chi connectivity index (χ1n) is 6.06. The van der Waals surface area contributed by atoms with Gasteiger partial charge in [-0.3, -0.25) is 4.72 Å². The summed E-state index contributed by atoms with van der Waals surface area (Å²) in [5.41, 5.74) is -0.0571. The Morgan fingerprint density at radius 1 is 1.09 bits per heavy atom. The maximum Gasteiger partial charge on any atom is 0.417 e. The molecular weight excluding hydrogens is 383 g/mol. The lowest BCUT2D eigenvalue weighted by molar-refractivity contribution is -0.138. The third kappa shape index (κ3) is 3.61. The summed E-state index contributed by atoms with van der Waals surface area (Å²) in [5, 5.41) is 0. The van der Waals surface area contributed by atoms with Gasteiger partial charge in [-0.05, 0) is 36.8 Å². The molecule has 22 heavy (non-hydrogen) atoms. The first kappa shape index (κ1) is 16.8. The molecule has 2 rings (SSSR count). The SMILES string of the molecule is Cc1ccccc1NS(=O)(=O)c1ccc(Br)c(C(F)(F)F)c1. The number of hydrogen-bond acceptors (Lipinski definition) is 2. The van der Waals surface area contributed by atoms with E-state index in [0.717, 1.165) is 12.1 Å². The Kier molecular flexibility index (Phi) is 4.53. The number of aryl methyl sites for hydroxylation is 1. The van der Waals surface area contributed by atoms with Crippen LogP contribution in [-0.2, 0) is 16.2 Å². The third-order valence-corrected chi connectivity index (χ3v) is 5.00. The van der Waals surface area contributed by atoms with E-state index in [2.05, 4.69) is 20.7 Å². The summed E-state index contributed by atoms with van der Waals surface area (Å²) in [4.78, 5) is -0.453. The summed E-state index contributed by atoms with van der Waals surface area (Å²) in [5.74, 6) is 0. The van der Waals surface area contributed by atoms with Crippen molar-refractivity contribution in [2.75, 3.05) is 4.72 Å². The summed E-state index contributed by atoms with van der Waals surface area (Å²) >= 11 is 2.78. The normalized spacial score (nSPS) is 12.2. The van der Waals surface area contributed by atoms with E-state index in [4.69, 9.17) is 0 Å². The second-order valence-corrected chi connectivity index (χ2v) is 7.10. The minimum absolute atomic E-state index is 0.213. The highest BCUT2D eigenvalue weighted by Crippen LogP contribution is 2.36. The van der Waals surface area contributed by atoms with E-state index in [-0.39, 0.29) is 4.47 Å². The maximum absolute atomic E-state index is 12.9. The van der Waals surface area contributed by atoms with Crippen molar-refractivity contribution in [2.24, 2.45) is 0 Å². The van der Waals surface area contributed by atoms with Crippen LogP contribution in [0.25, 0.3) is 0 Å². The van der Waals surface area contributed by atoms with E-state index < -0.39 is 26.7 Å². The van der Waals surface area contributed by atoms with Gasteiger partial charge in [0.2, 0.25) is 0 Å². The molecule has 118 valence electrons. The number of rotatable bonds is 3. The van der Waals surface area contributed by atoms with Crippen molar-refractivity contribution in [1.82, 2.24) is 0 Å². The zero-order chi connectivity index (χ0) is 16.5. The number of alkyl halides is 3. The molecule has 2 aromatic rings. The largest absolute Gasteiger partial charge is 0.417 e. The Morgan fingerprint density at radius 2 is 1.73 bits per heavy atom. The Bertz CT molecular complexity index is 804. The summed E-state index contributed by atoms with van der Waals surface area (Å²) in [6.45, 7) is 1.70. The molecule has 0 aliphatic rings. The zero-order valence-electron chi connectivity index (χ0n) is 11.3. The predicted octanol–water partition coefficient (Wildman–Crippen LogP) is 4.58. The van der Waals surface area contributed by atoms with Gasteiger partial charge in [-0.15, -0.1) is 0 Å². The fourth-order valence-corrected chi connectivity index (χ4v) is 3.41. The molecule has 0 bridgehead atoms. The average molecular weight is 394 g/mol. The molecule has 2 aromatic carbocycles. The van der Waals surface area contributed by atoms with E-state index in [9.17, 15) is 21.6 Å². The fourth-order valence-electron chi connectivity index (χ4n) is 1.78. The predicted molar refractivity (Wildman–Crippen MR) is 81.1 cm³/mol. The van der Waals surface area contributed by atoms with Crippen LogP contribution in [0.15, 0.2) is 51.8 Å². The second-order valence-electron chi connectivity index (χ2n) is 4.56. The van der Waals surface area contributed by atoms with Crippen molar-refractivity contribution in [2.45, 2.75) is 18.0 Å². The van der Waals surface area contributed by atoms with Crippen molar-refractivity contribution < 1.29 is 21.6 Å². The fraction of sp³-hybridized carbons (Fsp3) is 0.143. The Labute approximate surface area is 134 Å². The summed E-state index contributed by atoms with van der Waals surface area (Å²) in [7, 11) is -4.11. The highest BCUT2D eigenvalue weighted by Gasteiger charge is 2.34. The molecule has 0 fully saturated rings. The lowest BCUT2D eigenvalue weighted by atomic mass is 10.2. The second kappa shape index (κ2) is 5.92. The molecule has 0 amide bonds. The molecule has 0 unspecified atom stereocenters. The van der Waals surface area contributed by atoms with Crippen molar-refractivity contribution >= 4 is 31.6 Å². The Balaban J connectivity index is 2.45. The van der Waals surface area contributed by atoms with Crippen LogP contribution in [-0.4, -0.2) is 8.42 Å². The monoisotopic (exact) mass is 393 g/mol. The number of halogens is 4. The maximum atomic E-state index is 12.9. The number of para-hydroxylation sites is 1. The van der Waals surface area contributed by atoms with Crippen LogP contribution in [0.3, 0.4) is 0 Å². The van der Waals surface area contributed by atoms with Gasteiger partial charge in [-0.25, -0.2) is 8.42 Å². The van der Waals surface area contributed by atoms with Gasteiger partial charge < -0.3 is 0 Å². The molecule has 0 aliphatic carbocycles. The van der Waals surface area contributed by atoms with Gasteiger partial charge in [0.25, 0.3) is 10.0 Å². The number of benzene rings is 2. The molecule has 0 aromatic heterocycles. The lowest BCUT2D eigenvalue weighted by Crippen LogP contribution is -2.15. The van der Waals surface area contributed by atoms with E-state index >= 15 is 0 Å². The molecular formula is C14H11BrF3NO2S. The molecule has 1 N–H and O–H groups in total. The van der Waals surface area contributed by atoms with E-state index in [1.54, 1.807) is 25.1 Å². The highest BCUT2D eigenvalue weighted by atomic mass is 79.9. The van der Waals surface area contributed by atoms with Crippen LogP contribution in [0.4, 0.5) is 18.9 Å². The van der Waals surface area contributed by atoms with Crippen LogP contribution < -0.4 is 4.72 Å². The minimum atomic E-state index is -4.65. The molecule has 0 heterocycles. The molecule has 8 heteroatoms. The molecule has 0 saturated heterocycles. The zero-order valence-corrected chi connectivity index (χ0v) is 13.7. The van der Waals surface area contributed by atoms with Gasteiger partial charge in [0.15, 0.2) is 0 Å². The lowest BCUT2D eigenvalue weighted by Gasteiger charge is -2.13. The van der Waals surface area contributed by atoms with Gasteiger partial charge >= 0.3 is 6.18 Å². The van der Waals surface area contributed by atoms with E-state index in [0.29, 0.717) is 17.3 Å². The van der Waals surface area contributed by atoms with Gasteiger partial charge in [-0.2, -0.15) is 13.2 Å². The van der Waals surface area contributed by atoms with E-state index in [1.807, 2.05) is 0 Å². The van der Waals surface area contributed by atoms with Crippen molar-refractivity contribution in [3.8, 4) is 0 Å². The quantitative estimate of drug-likeness (QED) is 0.829. The Hall–Kier alpha value is -1.54. The molecule has 0 aliphatic heterocycles. The van der Waals surface area contributed by atoms with Crippen molar-refractivity contribution in [1.29, 1.82) is 0 Å². The summed E-state index contributed by atoms with van der Waals surface area (Å²) in [6.07, 6.45) is -4.65. The molecule has 3 nitrogen and oxygen atoms in total. The number of nitrogens with one attached hydrogen (secondary N) is 1. The van der Waals surface area contributed by atoms with Crippen LogP contribution in [0.1, 0.15) is 11.1 Å². The van der Waals surface area contributed by atoms with Crippen molar-refractivity contribution in [3.05, 3.63) is 58.1 Å². The van der Waals surface area contributed by atoms with Crippen LogP contribution in [0, 0.1) is 6.92 Å². The van der Waals surface area contributed by atoms with Crippen LogP contribution >= 0.6 is 15.9 Å². The van der Waals surface area contributed by atoms with Crippen LogP contribution in [0.2, 0.25) is 0 Å². The number of hydrogen-bond donors (Lipinski definition) is 1. The summed E-state index contributed by atoms with van der Waals surface area (Å²) in [6, 6.07) is 9.37. The van der Waals surface area contributed by atoms with Gasteiger partial charge in [0, 0.05) is 4.47 Å². The highest BCUT2D eigenvalue weighted by molar-refractivity contribution is 9.10. The third-order valence-electron chi connectivity index (χ3n) is 2.94. The molecule has 0 spiro atoms. The van der Waals surface area contributed by atoms with Crippen LogP contribution in [0.5, 0.6) is 0 Å². The van der Waals surface area contributed by atoms with Crippen molar-refractivity contribution in [3.63, 3.8) is 0 Å². The van der Waals surface area contributed by atoms with Gasteiger partial charge in [0.05, 0.1) is 16.1 Å². The first-order valence-corrected chi connectivity index (χ1v) is 8.34. The minimum Gasteiger partial charge on any atom is -0.279 e. The van der Waals surface area contributed by atoms with Gasteiger partial charge in [-0.1, -0.05) is 34.1 Å². The number of sulfonamides is 1. The topological polar surface area (TPSA) is 46.2 Å². The Morgan fingerprint density at radius 3 is 2.32 bits per heavy atom. The number of anilines is 1. The van der Waals surface area contributed by atoms with E-state index in [1.165, 1.54) is 6.07 Å². The first-order chi connectivity index (χ1) is 10.1. The molecule has 0 saturated carbocycles. The van der Waals surface area contributed by atoms with Gasteiger partial charge in [0.1, 0.15) is 0 Å². The average Bonchev–Trinajstić information content (AvgIpc) is 2.40. The summed E-state index contributed by atoms with van der Waals surface area (Å²) < 4.78 is 65.2. The molecule has 0 atom stereocenters.